The molecule has 0 radical (unpaired) electrons. The molecule has 5 fully saturated rings. The van der Waals surface area contributed by atoms with Gasteiger partial charge in [-0.2, -0.15) is 0 Å². The normalized spacial score (nSPS) is 38.8. The van der Waals surface area contributed by atoms with Gasteiger partial charge in [-0.15, -0.1) is 0 Å². The molecule has 9 nitrogen and oxygen atoms in total. The third-order valence-corrected chi connectivity index (χ3v) is 19.2. The first-order valence-electron chi connectivity index (χ1n) is 23.2. The molecule has 8 aliphatic rings. The van der Waals surface area contributed by atoms with Gasteiger partial charge in [-0.25, -0.2) is 0 Å². The van der Waals surface area contributed by atoms with Crippen molar-refractivity contribution in [2.45, 2.75) is 116 Å². The Kier molecular flexibility index (Phi) is 9.31. The van der Waals surface area contributed by atoms with E-state index in [2.05, 4.69) is 32.1 Å². The van der Waals surface area contributed by atoms with Crippen molar-refractivity contribution < 1.29 is 38.8 Å². The van der Waals surface area contributed by atoms with Crippen molar-refractivity contribution in [3.8, 4) is 22.6 Å². The molecular formula is C54H63NO8. The zero-order chi connectivity index (χ0) is 44.6. The van der Waals surface area contributed by atoms with E-state index >= 15 is 9.59 Å². The Morgan fingerprint density at radius 1 is 0.810 bits per heavy atom. The molecule has 4 bridgehead atoms. The summed E-state index contributed by atoms with van der Waals surface area (Å²) >= 11 is 0. The first-order valence-corrected chi connectivity index (χ1v) is 23.2. The van der Waals surface area contributed by atoms with Crippen LogP contribution >= 0.6 is 0 Å². The Balaban J connectivity index is 1.08. The van der Waals surface area contributed by atoms with Gasteiger partial charge < -0.3 is 29.3 Å². The summed E-state index contributed by atoms with van der Waals surface area (Å²) in [5.74, 6) is 0.498. The molecule has 1 heterocycles. The van der Waals surface area contributed by atoms with Crippen LogP contribution in [-0.2, 0) is 20.9 Å². The second-order valence-corrected chi connectivity index (χ2v) is 21.6. The Morgan fingerprint density at radius 3 is 2.21 bits per heavy atom. The molecule has 1 unspecified atom stereocenters. The molecule has 7 aliphatic carbocycles. The summed E-state index contributed by atoms with van der Waals surface area (Å²) in [5.41, 5.74) is -2.42. The standard InChI is InChI=1S/C54H63NO8/c1-47(2)50(5)25-28-54(47,63-46(50)59)45(58)55(32-35-17-18-37(61-6)29-41(35)62-7)33-52(60)24-21-43-49(52,4)23-20-42-48(3)22-19-36(56)30-51(48)26-27-53(42,43)40(31-51)44(57)39-16-12-11-15-38(39)34-13-9-8-10-14-34/h8-18,26-27,29,31,36,42-43,56,60H,19-25,28,30,32-33H2,1-7H3/t36?,42-,43-,48-,49+,50+,51+,52-,53-,54-/m1/s1. The van der Waals surface area contributed by atoms with Crippen LogP contribution in [0.4, 0.5) is 0 Å². The maximum absolute atomic E-state index is 15.7. The first-order chi connectivity index (χ1) is 29.9. The molecular weight excluding hydrogens is 791 g/mol. The summed E-state index contributed by atoms with van der Waals surface area (Å²) in [6, 6.07) is 23.5. The van der Waals surface area contributed by atoms with Crippen LogP contribution in [0.15, 0.2) is 96.6 Å². The van der Waals surface area contributed by atoms with Crippen molar-refractivity contribution in [3.63, 3.8) is 0 Å². The van der Waals surface area contributed by atoms with E-state index in [9.17, 15) is 15.0 Å². The number of hydrogen-bond acceptors (Lipinski definition) is 8. The maximum Gasteiger partial charge on any atom is 0.313 e. The van der Waals surface area contributed by atoms with Gasteiger partial charge in [0.2, 0.25) is 0 Å². The lowest BCUT2D eigenvalue weighted by Crippen LogP contribution is -2.67. The SMILES string of the molecule is COc1ccc(CN(C[C@]2(O)CC[C@H]3[C@]45C=C[C@@]6(C=C4C(=O)c4ccccc4-c4ccccc4)CC(O)CC[C@]6(C)[C@H]5CC[C@@]32C)C(=O)[C@@]23CC[C@@](C)(C(=O)O2)C3(C)C)c(OC)c1. The smallest absolute Gasteiger partial charge is 0.313 e. The van der Waals surface area contributed by atoms with Crippen molar-refractivity contribution in [1.29, 1.82) is 0 Å². The van der Waals surface area contributed by atoms with E-state index in [0.717, 1.165) is 35.1 Å². The average molecular weight is 854 g/mol. The number of fused-ring (bicyclic) bond motifs is 3. The van der Waals surface area contributed by atoms with Gasteiger partial charge in [0.25, 0.3) is 5.91 Å². The number of ether oxygens (including phenoxy) is 3. The number of amides is 1. The number of hydrogen-bond donors (Lipinski definition) is 2. The van der Waals surface area contributed by atoms with Crippen LogP contribution in [0.2, 0.25) is 0 Å². The van der Waals surface area contributed by atoms with E-state index in [1.54, 1.807) is 25.2 Å². The maximum atomic E-state index is 15.7. The minimum atomic E-state index is -1.39. The summed E-state index contributed by atoms with van der Waals surface area (Å²) in [4.78, 5) is 46.6. The van der Waals surface area contributed by atoms with Gasteiger partial charge in [-0.3, -0.25) is 14.4 Å². The third-order valence-electron chi connectivity index (χ3n) is 19.2. The van der Waals surface area contributed by atoms with Crippen LogP contribution in [0.3, 0.4) is 0 Å². The van der Waals surface area contributed by atoms with Crippen LogP contribution in [0.5, 0.6) is 11.5 Å². The lowest BCUT2D eigenvalue weighted by molar-refractivity contribution is -0.187. The van der Waals surface area contributed by atoms with Crippen molar-refractivity contribution in [1.82, 2.24) is 4.90 Å². The molecule has 332 valence electrons. The fraction of sp³-hybridized carbons (Fsp3) is 0.537. The molecule has 11 rings (SSSR count). The highest BCUT2D eigenvalue weighted by molar-refractivity contribution is 6.14. The summed E-state index contributed by atoms with van der Waals surface area (Å²) < 4.78 is 17.6. The van der Waals surface area contributed by atoms with Gasteiger partial charge in [0.05, 0.1) is 37.9 Å². The molecule has 1 saturated heterocycles. The van der Waals surface area contributed by atoms with Crippen LogP contribution in [0.25, 0.3) is 11.1 Å². The van der Waals surface area contributed by atoms with Crippen molar-refractivity contribution in [2.24, 2.45) is 44.3 Å². The van der Waals surface area contributed by atoms with Crippen LogP contribution in [0.1, 0.15) is 108 Å². The van der Waals surface area contributed by atoms with E-state index in [1.165, 1.54) is 0 Å². The molecule has 2 spiro atoms. The molecule has 10 atom stereocenters. The summed E-state index contributed by atoms with van der Waals surface area (Å²) in [7, 11) is 3.19. The lowest BCUT2D eigenvalue weighted by atomic mass is 9.32. The Labute approximate surface area is 371 Å². The molecule has 9 heteroatoms. The van der Waals surface area contributed by atoms with Gasteiger partial charge >= 0.3 is 5.97 Å². The summed E-state index contributed by atoms with van der Waals surface area (Å²) in [5, 5.41) is 24.9. The van der Waals surface area contributed by atoms with Gasteiger partial charge in [-0.1, -0.05) is 101 Å². The summed E-state index contributed by atoms with van der Waals surface area (Å²) in [6.07, 6.45) is 12.1. The number of allylic oxidation sites excluding steroid dienone is 4. The van der Waals surface area contributed by atoms with E-state index in [-0.39, 0.29) is 48.0 Å². The zero-order valence-electron chi connectivity index (χ0n) is 38.0. The van der Waals surface area contributed by atoms with Crippen molar-refractivity contribution in [2.75, 3.05) is 20.8 Å². The monoisotopic (exact) mass is 853 g/mol. The number of benzene rings is 3. The van der Waals surface area contributed by atoms with Gasteiger partial charge in [0, 0.05) is 51.0 Å². The molecule has 1 amide bonds. The number of nitrogens with zero attached hydrogens (tertiary/aromatic N) is 1. The lowest BCUT2D eigenvalue weighted by Gasteiger charge is -2.71. The van der Waals surface area contributed by atoms with Crippen molar-refractivity contribution >= 4 is 17.7 Å². The molecule has 63 heavy (non-hydrogen) atoms. The molecule has 2 N–H and O–H groups in total. The van der Waals surface area contributed by atoms with Crippen LogP contribution in [0, 0.1) is 44.3 Å². The Bertz CT molecular complexity index is 2480. The number of aliphatic hydroxyl groups is 2. The second kappa shape index (κ2) is 13.9. The number of carbonyl (C=O) groups is 3. The highest BCUT2D eigenvalue weighted by Gasteiger charge is 2.78. The molecule has 4 saturated carbocycles. The highest BCUT2D eigenvalue weighted by Crippen LogP contribution is 2.78. The Hall–Kier alpha value is -4.73. The van der Waals surface area contributed by atoms with Crippen molar-refractivity contribution in [3.05, 3.63) is 108 Å². The largest absolute Gasteiger partial charge is 0.497 e. The number of carbonyl (C=O) groups excluding carboxylic acids is 3. The van der Waals surface area contributed by atoms with Gasteiger partial charge in [-0.05, 0) is 105 Å². The third kappa shape index (κ3) is 5.32. The highest BCUT2D eigenvalue weighted by atomic mass is 16.6. The molecule has 3 aromatic carbocycles. The summed E-state index contributed by atoms with van der Waals surface area (Å²) in [6.45, 7) is 10.6. The molecule has 1 aliphatic heterocycles. The fourth-order valence-electron chi connectivity index (χ4n) is 15.0. The zero-order valence-corrected chi connectivity index (χ0v) is 38.0. The van der Waals surface area contributed by atoms with Gasteiger partial charge in [0.1, 0.15) is 11.5 Å². The number of rotatable bonds is 10. The minimum absolute atomic E-state index is 0.00190. The van der Waals surface area contributed by atoms with E-state index in [1.807, 2.05) is 87.5 Å². The number of Topliss-reactive ketones (excluding diaryl/α,β-unsaturated/α-hetero) is 1. The van der Waals surface area contributed by atoms with E-state index in [0.29, 0.717) is 62.0 Å². The number of aliphatic hydroxyl groups excluding tert-OH is 1. The number of ketones is 1. The van der Waals surface area contributed by atoms with E-state index < -0.39 is 44.4 Å². The number of methoxy groups -OCH3 is 2. The molecule has 3 aromatic rings. The molecule has 0 aromatic heterocycles. The first kappa shape index (κ1) is 42.2. The Morgan fingerprint density at radius 2 is 1.51 bits per heavy atom. The van der Waals surface area contributed by atoms with Crippen LogP contribution in [-0.4, -0.2) is 70.8 Å². The second-order valence-electron chi connectivity index (χ2n) is 21.6. The topological polar surface area (TPSA) is 123 Å². The van der Waals surface area contributed by atoms with Crippen LogP contribution < -0.4 is 9.47 Å². The average Bonchev–Trinajstić information content (AvgIpc) is 3.73. The van der Waals surface area contributed by atoms with E-state index in [4.69, 9.17) is 14.2 Å². The minimum Gasteiger partial charge on any atom is -0.497 e. The van der Waals surface area contributed by atoms with Gasteiger partial charge in [0.15, 0.2) is 11.4 Å². The predicted octanol–water partition coefficient (Wildman–Crippen LogP) is 9.30. The fourth-order valence-corrected chi connectivity index (χ4v) is 15.0. The predicted molar refractivity (Wildman–Crippen MR) is 240 cm³/mol. The quantitative estimate of drug-likeness (QED) is 0.118. The number of esters is 1.